The minimum atomic E-state index is -0.202. The summed E-state index contributed by atoms with van der Waals surface area (Å²) in [5, 5.41) is 2.67. The number of carbonyl (C=O) groups excluding carboxylic acids is 2. The molecule has 0 heterocycles. The molecule has 3 nitrogen and oxygen atoms in total. The molecular weight excluding hydrogens is 318 g/mol. The molecule has 0 saturated heterocycles. The van der Waals surface area contributed by atoms with Crippen molar-refractivity contribution in [3.63, 3.8) is 0 Å². The Kier molecular flexibility index (Phi) is 10.9. The first-order valence-corrected chi connectivity index (χ1v) is 9.37. The number of rotatable bonds is 12. The van der Waals surface area contributed by atoms with Gasteiger partial charge < -0.3 is 5.32 Å². The number of hydrogen-bond acceptors (Lipinski definition) is 3. The van der Waals surface area contributed by atoms with Crippen molar-refractivity contribution in [1.29, 1.82) is 0 Å². The minimum absolute atomic E-state index is 0.0893. The fourth-order valence-electron chi connectivity index (χ4n) is 2.40. The Morgan fingerprint density at radius 3 is 2.42 bits per heavy atom. The highest BCUT2D eigenvalue weighted by Gasteiger charge is 2.09. The number of carbonyl (C=O) groups is 2. The van der Waals surface area contributed by atoms with Crippen LogP contribution in [0.3, 0.4) is 0 Å². The SMILES string of the molecule is CCCCCCCCNC(=O)C=CC(=O)CC(S)c1ccccc1. The van der Waals surface area contributed by atoms with Crippen LogP contribution in [0.4, 0.5) is 0 Å². The Bertz CT molecular complexity index is 514. The van der Waals surface area contributed by atoms with Gasteiger partial charge in [0.25, 0.3) is 0 Å². The van der Waals surface area contributed by atoms with Gasteiger partial charge in [0.1, 0.15) is 0 Å². The van der Waals surface area contributed by atoms with E-state index in [0.717, 1.165) is 18.4 Å². The molecular formula is C20H29NO2S. The first kappa shape index (κ1) is 20.5. The zero-order valence-electron chi connectivity index (χ0n) is 14.5. The van der Waals surface area contributed by atoms with Crippen LogP contribution < -0.4 is 5.32 Å². The van der Waals surface area contributed by atoms with Gasteiger partial charge in [0.05, 0.1) is 0 Å². The van der Waals surface area contributed by atoms with Crippen molar-refractivity contribution in [2.45, 2.75) is 57.1 Å². The maximum absolute atomic E-state index is 11.9. The molecule has 0 saturated carbocycles. The van der Waals surface area contributed by atoms with Crippen LogP contribution in [0, 0.1) is 0 Å². The Labute approximate surface area is 151 Å². The number of nitrogens with one attached hydrogen (secondary N) is 1. The van der Waals surface area contributed by atoms with Crippen LogP contribution in [-0.2, 0) is 9.59 Å². The molecule has 1 atom stereocenters. The molecule has 4 heteroatoms. The Morgan fingerprint density at radius 2 is 1.71 bits per heavy atom. The van der Waals surface area contributed by atoms with Gasteiger partial charge in [-0.3, -0.25) is 9.59 Å². The number of ketones is 1. The fourth-order valence-corrected chi connectivity index (χ4v) is 2.75. The summed E-state index contributed by atoms with van der Waals surface area (Å²) in [7, 11) is 0. The van der Waals surface area contributed by atoms with Gasteiger partial charge in [0, 0.05) is 24.3 Å². The van der Waals surface area contributed by atoms with E-state index in [-0.39, 0.29) is 23.4 Å². The van der Waals surface area contributed by atoms with E-state index in [9.17, 15) is 9.59 Å². The van der Waals surface area contributed by atoms with Gasteiger partial charge in [-0.1, -0.05) is 69.4 Å². The molecule has 0 radical (unpaired) electrons. The minimum Gasteiger partial charge on any atom is -0.353 e. The van der Waals surface area contributed by atoms with E-state index < -0.39 is 0 Å². The van der Waals surface area contributed by atoms with Gasteiger partial charge in [-0.05, 0) is 18.1 Å². The van der Waals surface area contributed by atoms with E-state index >= 15 is 0 Å². The van der Waals surface area contributed by atoms with E-state index in [2.05, 4.69) is 24.9 Å². The third-order valence-electron chi connectivity index (χ3n) is 3.83. The predicted molar refractivity (Wildman–Crippen MR) is 103 cm³/mol. The highest BCUT2D eigenvalue weighted by Crippen LogP contribution is 2.23. The van der Waals surface area contributed by atoms with Crippen molar-refractivity contribution < 1.29 is 9.59 Å². The fraction of sp³-hybridized carbons (Fsp3) is 0.500. The number of allylic oxidation sites excluding steroid dienone is 1. The zero-order valence-corrected chi connectivity index (χ0v) is 15.4. The quantitative estimate of drug-likeness (QED) is 0.328. The van der Waals surface area contributed by atoms with Crippen LogP contribution in [0.25, 0.3) is 0 Å². The summed E-state index contributed by atoms with van der Waals surface area (Å²) in [5.41, 5.74) is 1.01. The van der Waals surface area contributed by atoms with Gasteiger partial charge in [-0.15, -0.1) is 0 Å². The molecule has 0 aliphatic carbocycles. The molecule has 0 bridgehead atoms. The molecule has 0 aliphatic heterocycles. The third-order valence-corrected chi connectivity index (χ3v) is 4.31. The van der Waals surface area contributed by atoms with Crippen LogP contribution >= 0.6 is 12.6 Å². The maximum Gasteiger partial charge on any atom is 0.244 e. The van der Waals surface area contributed by atoms with Crippen molar-refractivity contribution >= 4 is 24.3 Å². The van der Waals surface area contributed by atoms with Gasteiger partial charge in [0.2, 0.25) is 5.91 Å². The summed E-state index contributed by atoms with van der Waals surface area (Å²) in [6.45, 7) is 2.87. The average molecular weight is 348 g/mol. The Morgan fingerprint density at radius 1 is 1.04 bits per heavy atom. The third kappa shape index (κ3) is 9.56. The van der Waals surface area contributed by atoms with E-state index in [1.54, 1.807) is 0 Å². The lowest BCUT2D eigenvalue weighted by Crippen LogP contribution is -2.22. The Balaban J connectivity index is 2.18. The highest BCUT2D eigenvalue weighted by atomic mass is 32.1. The van der Waals surface area contributed by atoms with Crippen molar-refractivity contribution in [3.8, 4) is 0 Å². The van der Waals surface area contributed by atoms with Crippen LogP contribution in [0.1, 0.15) is 62.7 Å². The van der Waals surface area contributed by atoms with Crippen LogP contribution in [0.2, 0.25) is 0 Å². The molecule has 1 N–H and O–H groups in total. The second-order valence-electron chi connectivity index (χ2n) is 5.99. The van der Waals surface area contributed by atoms with Gasteiger partial charge in [-0.25, -0.2) is 0 Å². The zero-order chi connectivity index (χ0) is 17.6. The second kappa shape index (κ2) is 12.8. The number of amides is 1. The summed E-state index contributed by atoms with van der Waals surface area (Å²) in [5.74, 6) is -0.291. The largest absolute Gasteiger partial charge is 0.353 e. The smallest absolute Gasteiger partial charge is 0.244 e. The molecule has 24 heavy (non-hydrogen) atoms. The molecule has 0 aliphatic rings. The van der Waals surface area contributed by atoms with E-state index in [1.807, 2.05) is 30.3 Å². The monoisotopic (exact) mass is 347 g/mol. The number of hydrogen-bond donors (Lipinski definition) is 2. The van der Waals surface area contributed by atoms with Gasteiger partial charge >= 0.3 is 0 Å². The van der Waals surface area contributed by atoms with Crippen LogP contribution in [-0.4, -0.2) is 18.2 Å². The lowest BCUT2D eigenvalue weighted by molar-refractivity contribution is -0.118. The number of thiol groups is 1. The molecule has 1 rings (SSSR count). The summed E-state index contributed by atoms with van der Waals surface area (Å²) in [6.07, 6.45) is 10.1. The van der Waals surface area contributed by atoms with Crippen molar-refractivity contribution in [2.24, 2.45) is 0 Å². The van der Waals surface area contributed by atoms with Crippen molar-refractivity contribution in [3.05, 3.63) is 48.0 Å². The molecule has 1 aromatic carbocycles. The van der Waals surface area contributed by atoms with Crippen molar-refractivity contribution in [1.82, 2.24) is 5.32 Å². The summed E-state index contributed by atoms with van der Waals surface area (Å²) >= 11 is 4.45. The molecule has 0 spiro atoms. The lowest BCUT2D eigenvalue weighted by atomic mass is 10.1. The van der Waals surface area contributed by atoms with E-state index in [0.29, 0.717) is 6.54 Å². The molecule has 132 valence electrons. The summed E-state index contributed by atoms with van der Waals surface area (Å²) in [4.78, 5) is 23.6. The predicted octanol–water partition coefficient (Wildman–Crippen LogP) is 4.65. The number of unbranched alkanes of at least 4 members (excludes halogenated alkanes) is 5. The lowest BCUT2D eigenvalue weighted by Gasteiger charge is -2.08. The number of benzene rings is 1. The highest BCUT2D eigenvalue weighted by molar-refractivity contribution is 7.80. The average Bonchev–Trinajstić information content (AvgIpc) is 2.60. The van der Waals surface area contributed by atoms with E-state index in [4.69, 9.17) is 0 Å². The maximum atomic E-state index is 11.9. The molecule has 1 amide bonds. The van der Waals surface area contributed by atoms with Gasteiger partial charge in [0.15, 0.2) is 5.78 Å². The van der Waals surface area contributed by atoms with Crippen molar-refractivity contribution in [2.75, 3.05) is 6.54 Å². The van der Waals surface area contributed by atoms with Crippen LogP contribution in [0.5, 0.6) is 0 Å². The topological polar surface area (TPSA) is 46.2 Å². The molecule has 1 unspecified atom stereocenters. The first-order chi connectivity index (χ1) is 11.6. The standard InChI is InChI=1S/C20H29NO2S/c1-2-3-4-5-6-10-15-21-20(23)14-13-18(22)16-19(24)17-11-8-7-9-12-17/h7-9,11-14,19,24H,2-6,10,15-16H2,1H3,(H,21,23). The molecule has 0 fully saturated rings. The summed E-state index contributed by atoms with van der Waals surface area (Å²) < 4.78 is 0. The molecule has 1 aromatic rings. The van der Waals surface area contributed by atoms with Gasteiger partial charge in [-0.2, -0.15) is 12.6 Å². The summed E-state index contributed by atoms with van der Waals surface area (Å²) in [6, 6.07) is 9.67. The normalized spacial score (nSPS) is 12.2. The van der Waals surface area contributed by atoms with E-state index in [1.165, 1.54) is 37.8 Å². The molecule has 0 aromatic heterocycles. The Hall–Kier alpha value is -1.55. The van der Waals surface area contributed by atoms with Crippen LogP contribution in [0.15, 0.2) is 42.5 Å². The first-order valence-electron chi connectivity index (χ1n) is 8.85. The second-order valence-corrected chi connectivity index (χ2v) is 6.61.